The van der Waals surface area contributed by atoms with Crippen molar-refractivity contribution in [2.75, 3.05) is 5.32 Å². The molecule has 0 atom stereocenters. The van der Waals surface area contributed by atoms with E-state index in [4.69, 9.17) is 0 Å². The van der Waals surface area contributed by atoms with E-state index in [1.165, 1.54) is 16.5 Å². The number of nitrogens with one attached hydrogen (secondary N) is 2. The highest BCUT2D eigenvalue weighted by Gasteiger charge is 2.04. The largest absolute Gasteiger partial charge is 0.359 e. The minimum atomic E-state index is 1.12. The molecule has 1 aromatic heterocycles. The molecule has 0 saturated heterocycles. The summed E-state index contributed by atoms with van der Waals surface area (Å²) in [5.41, 5.74) is 5.99. The van der Waals surface area contributed by atoms with Crippen molar-refractivity contribution in [2.24, 2.45) is 0 Å². The maximum Gasteiger partial charge on any atom is 0.0641 e. The second-order valence-electron chi connectivity index (χ2n) is 4.69. The molecule has 0 fully saturated rings. The average molecular weight is 236 g/mol. The van der Waals surface area contributed by atoms with Crippen LogP contribution in [0.25, 0.3) is 10.9 Å². The van der Waals surface area contributed by atoms with Crippen molar-refractivity contribution < 1.29 is 0 Å². The van der Waals surface area contributed by atoms with Gasteiger partial charge in [-0.2, -0.15) is 0 Å². The van der Waals surface area contributed by atoms with Gasteiger partial charge in [-0.3, -0.25) is 0 Å². The van der Waals surface area contributed by atoms with Crippen molar-refractivity contribution in [3.63, 3.8) is 0 Å². The number of aryl methyl sites for hydroxylation is 2. The van der Waals surface area contributed by atoms with Gasteiger partial charge in [0, 0.05) is 22.8 Å². The zero-order valence-electron chi connectivity index (χ0n) is 10.6. The second-order valence-corrected chi connectivity index (χ2v) is 4.69. The first-order valence-corrected chi connectivity index (χ1v) is 6.14. The summed E-state index contributed by atoms with van der Waals surface area (Å²) in [6.07, 6.45) is 2.02. The molecule has 2 heteroatoms. The molecule has 90 valence electrons. The van der Waals surface area contributed by atoms with E-state index < -0.39 is 0 Å². The zero-order chi connectivity index (χ0) is 12.5. The lowest BCUT2D eigenvalue weighted by Gasteiger charge is -2.09. The summed E-state index contributed by atoms with van der Waals surface area (Å²) in [5.74, 6) is 0. The molecule has 0 bridgehead atoms. The Hall–Kier alpha value is -2.22. The fourth-order valence-corrected chi connectivity index (χ4v) is 2.27. The van der Waals surface area contributed by atoms with Gasteiger partial charge in [0.1, 0.15) is 0 Å². The van der Waals surface area contributed by atoms with Crippen LogP contribution in [0.15, 0.2) is 48.7 Å². The van der Waals surface area contributed by atoms with Crippen LogP contribution in [0.4, 0.5) is 11.4 Å². The van der Waals surface area contributed by atoms with Crippen LogP contribution in [-0.4, -0.2) is 4.98 Å². The average Bonchev–Trinajstić information content (AvgIpc) is 2.76. The number of rotatable bonds is 2. The van der Waals surface area contributed by atoms with E-state index in [1.807, 2.05) is 12.3 Å². The van der Waals surface area contributed by atoms with E-state index in [-0.39, 0.29) is 0 Å². The summed E-state index contributed by atoms with van der Waals surface area (Å²) in [5, 5.41) is 4.71. The highest BCUT2D eigenvalue weighted by molar-refractivity contribution is 5.94. The van der Waals surface area contributed by atoms with Crippen molar-refractivity contribution >= 4 is 22.3 Å². The molecule has 2 aromatic carbocycles. The Morgan fingerprint density at radius 3 is 2.61 bits per heavy atom. The van der Waals surface area contributed by atoms with Crippen molar-refractivity contribution in [2.45, 2.75) is 13.8 Å². The van der Waals surface area contributed by atoms with E-state index in [2.05, 4.69) is 60.5 Å². The third kappa shape index (κ3) is 1.86. The maximum absolute atomic E-state index is 3.49. The molecule has 0 saturated carbocycles. The van der Waals surface area contributed by atoms with Gasteiger partial charge in [-0.05, 0) is 31.5 Å². The monoisotopic (exact) mass is 236 g/mol. The topological polar surface area (TPSA) is 27.8 Å². The number of benzene rings is 2. The Balaban J connectivity index is 2.01. The minimum Gasteiger partial charge on any atom is -0.359 e. The normalized spacial score (nSPS) is 10.8. The molecule has 0 spiro atoms. The number of aromatic nitrogens is 1. The van der Waals surface area contributed by atoms with Crippen LogP contribution in [0.1, 0.15) is 11.1 Å². The first kappa shape index (κ1) is 10.9. The third-order valence-electron chi connectivity index (χ3n) is 3.24. The number of aromatic amines is 1. The molecule has 0 unspecified atom stereocenters. The fourth-order valence-electron chi connectivity index (χ4n) is 2.27. The summed E-state index contributed by atoms with van der Waals surface area (Å²) in [6.45, 7) is 4.24. The van der Waals surface area contributed by atoms with Gasteiger partial charge in [0.25, 0.3) is 0 Å². The number of hydrogen-bond donors (Lipinski definition) is 2. The molecule has 2 nitrogen and oxygen atoms in total. The maximum atomic E-state index is 3.49. The highest BCUT2D eigenvalue weighted by atomic mass is 14.9. The molecule has 3 aromatic rings. The van der Waals surface area contributed by atoms with E-state index >= 15 is 0 Å². The van der Waals surface area contributed by atoms with E-state index in [9.17, 15) is 0 Å². The van der Waals surface area contributed by atoms with Gasteiger partial charge in [0.2, 0.25) is 0 Å². The Bertz CT molecular complexity index is 695. The standard InChI is InChI=1S/C16H16N2/c1-11-7-8-14(12(2)9-11)18-16-10-17-15-6-4-3-5-13(15)16/h3-10,17-18H,1-2H3. The lowest BCUT2D eigenvalue weighted by molar-refractivity contribution is 1.37. The SMILES string of the molecule is Cc1ccc(Nc2c[nH]c3ccccc23)c(C)c1. The first-order chi connectivity index (χ1) is 8.74. The Labute approximate surface area is 107 Å². The second kappa shape index (κ2) is 4.22. The quantitative estimate of drug-likeness (QED) is 0.672. The summed E-state index contributed by atoms with van der Waals surface area (Å²) >= 11 is 0. The number of para-hydroxylation sites is 1. The van der Waals surface area contributed by atoms with Crippen LogP contribution in [0.3, 0.4) is 0 Å². The molecule has 0 aliphatic heterocycles. The van der Waals surface area contributed by atoms with Gasteiger partial charge in [-0.15, -0.1) is 0 Å². The summed E-state index contributed by atoms with van der Waals surface area (Å²) in [7, 11) is 0. The van der Waals surface area contributed by atoms with Crippen molar-refractivity contribution in [3.8, 4) is 0 Å². The molecule has 3 rings (SSSR count). The first-order valence-electron chi connectivity index (χ1n) is 6.14. The van der Waals surface area contributed by atoms with Gasteiger partial charge in [0.05, 0.1) is 5.69 Å². The van der Waals surface area contributed by atoms with Crippen molar-refractivity contribution in [1.82, 2.24) is 4.98 Å². The van der Waals surface area contributed by atoms with Gasteiger partial charge in [0.15, 0.2) is 0 Å². The molecule has 1 heterocycles. The Morgan fingerprint density at radius 2 is 1.78 bits per heavy atom. The molecule has 18 heavy (non-hydrogen) atoms. The van der Waals surface area contributed by atoms with Crippen LogP contribution < -0.4 is 5.32 Å². The van der Waals surface area contributed by atoms with E-state index in [0.717, 1.165) is 16.9 Å². The molecule has 0 radical (unpaired) electrons. The van der Waals surface area contributed by atoms with E-state index in [0.29, 0.717) is 0 Å². The zero-order valence-corrected chi connectivity index (χ0v) is 10.6. The number of H-pyrrole nitrogens is 1. The predicted molar refractivity (Wildman–Crippen MR) is 77.5 cm³/mol. The van der Waals surface area contributed by atoms with Crippen LogP contribution in [0, 0.1) is 13.8 Å². The Morgan fingerprint density at radius 1 is 0.944 bits per heavy atom. The van der Waals surface area contributed by atoms with Crippen molar-refractivity contribution in [1.29, 1.82) is 0 Å². The van der Waals surface area contributed by atoms with Crippen LogP contribution >= 0.6 is 0 Å². The van der Waals surface area contributed by atoms with Gasteiger partial charge in [-0.25, -0.2) is 0 Å². The molecule has 0 amide bonds. The fraction of sp³-hybridized carbons (Fsp3) is 0.125. The number of anilines is 2. The molecular formula is C16H16N2. The lowest BCUT2D eigenvalue weighted by Crippen LogP contribution is -1.92. The number of fused-ring (bicyclic) bond motifs is 1. The van der Waals surface area contributed by atoms with Gasteiger partial charge < -0.3 is 10.3 Å². The van der Waals surface area contributed by atoms with Gasteiger partial charge in [-0.1, -0.05) is 35.9 Å². The minimum absolute atomic E-state index is 1.12. The van der Waals surface area contributed by atoms with Crippen LogP contribution in [-0.2, 0) is 0 Å². The van der Waals surface area contributed by atoms with Crippen LogP contribution in [0.5, 0.6) is 0 Å². The molecule has 0 aliphatic rings. The van der Waals surface area contributed by atoms with Gasteiger partial charge >= 0.3 is 0 Å². The Kier molecular flexibility index (Phi) is 2.56. The predicted octanol–water partition coefficient (Wildman–Crippen LogP) is 4.53. The summed E-state index contributed by atoms with van der Waals surface area (Å²) in [6, 6.07) is 14.8. The molecule has 0 aliphatic carbocycles. The number of hydrogen-bond acceptors (Lipinski definition) is 1. The lowest BCUT2D eigenvalue weighted by atomic mass is 10.1. The highest BCUT2D eigenvalue weighted by Crippen LogP contribution is 2.27. The summed E-state index contributed by atoms with van der Waals surface area (Å²) in [4.78, 5) is 3.28. The molecular weight excluding hydrogens is 220 g/mol. The van der Waals surface area contributed by atoms with E-state index in [1.54, 1.807) is 0 Å². The third-order valence-corrected chi connectivity index (χ3v) is 3.24. The molecule has 2 N–H and O–H groups in total. The van der Waals surface area contributed by atoms with Crippen molar-refractivity contribution in [3.05, 3.63) is 59.8 Å². The smallest absolute Gasteiger partial charge is 0.0641 e. The van der Waals surface area contributed by atoms with Crippen LogP contribution in [0.2, 0.25) is 0 Å². The summed E-state index contributed by atoms with van der Waals surface area (Å²) < 4.78 is 0.